The molecule has 0 saturated heterocycles. The highest BCUT2D eigenvalue weighted by Gasteiger charge is 2.08. The summed E-state index contributed by atoms with van der Waals surface area (Å²) in [6.45, 7) is 11.2. The molecule has 0 radical (unpaired) electrons. The largest absolute Gasteiger partial charge is 0.381 e. The lowest BCUT2D eigenvalue weighted by molar-refractivity contribution is 0.126. The Balaban J connectivity index is 1.61. The normalized spacial score (nSPS) is 13.3. The van der Waals surface area contributed by atoms with Crippen molar-refractivity contribution in [1.82, 2.24) is 15.0 Å². The van der Waals surface area contributed by atoms with Crippen LogP contribution < -0.4 is 5.32 Å². The van der Waals surface area contributed by atoms with E-state index in [9.17, 15) is 0 Å². The van der Waals surface area contributed by atoms with Crippen LogP contribution >= 0.6 is 0 Å². The van der Waals surface area contributed by atoms with E-state index in [1.807, 2.05) is 18.6 Å². The van der Waals surface area contributed by atoms with E-state index < -0.39 is 9.52 Å². The van der Waals surface area contributed by atoms with Gasteiger partial charge in [-0.25, -0.2) is 0 Å². The first kappa shape index (κ1) is 33.6. The standard InChI is InChI=1S/C34H59N3OSi/c1-5-7-9-15-23-38-24-16-14-20-31-21-22-32(36-25-31)33-26-35-27-34(37-33)39-28-30(4)19-13-10-12-18-29(3)17-11-8-6-2/h21-22,25-27,29-30H,5-20,23-24,28,39H2,1-4H3. The minimum absolute atomic E-state index is 0.396. The maximum atomic E-state index is 5.76. The fraction of sp³-hybridized carbons (Fsp3) is 0.735. The zero-order valence-electron chi connectivity index (χ0n) is 25.9. The minimum atomic E-state index is -0.396. The van der Waals surface area contributed by atoms with E-state index >= 15 is 0 Å². The Morgan fingerprint density at radius 2 is 1.36 bits per heavy atom. The summed E-state index contributed by atoms with van der Waals surface area (Å²) in [5.41, 5.74) is 3.15. The van der Waals surface area contributed by atoms with Crippen LogP contribution in [0.15, 0.2) is 30.7 Å². The van der Waals surface area contributed by atoms with Crippen LogP contribution in [0.25, 0.3) is 11.4 Å². The number of aromatic nitrogens is 3. The Bertz CT molecular complexity index is 845. The molecule has 4 nitrogen and oxygen atoms in total. The van der Waals surface area contributed by atoms with Crippen LogP contribution in [0, 0.1) is 11.8 Å². The summed E-state index contributed by atoms with van der Waals surface area (Å²) >= 11 is 0. The van der Waals surface area contributed by atoms with Gasteiger partial charge in [-0.1, -0.05) is 117 Å². The fourth-order valence-electron chi connectivity index (χ4n) is 5.23. The summed E-state index contributed by atoms with van der Waals surface area (Å²) in [5.74, 6) is 1.71. The third-order valence-electron chi connectivity index (χ3n) is 8.01. The summed E-state index contributed by atoms with van der Waals surface area (Å²) in [5, 5.41) is 1.22. The Morgan fingerprint density at radius 3 is 2.08 bits per heavy atom. The number of unbranched alkanes of at least 4 members (excludes halogenated alkanes) is 8. The van der Waals surface area contributed by atoms with Gasteiger partial charge in [0.05, 0.1) is 21.4 Å². The zero-order valence-corrected chi connectivity index (χ0v) is 27.3. The van der Waals surface area contributed by atoms with Crippen molar-refractivity contribution in [2.45, 2.75) is 136 Å². The van der Waals surface area contributed by atoms with Crippen molar-refractivity contribution >= 4 is 14.8 Å². The number of aryl methyl sites for hydroxylation is 1. The van der Waals surface area contributed by atoms with Crippen molar-refractivity contribution in [3.05, 3.63) is 36.3 Å². The maximum Gasteiger partial charge on any atom is 0.107 e. The number of nitrogens with zero attached hydrogens (tertiary/aromatic N) is 3. The molecule has 2 unspecified atom stereocenters. The number of hydrogen-bond acceptors (Lipinski definition) is 4. The Hall–Kier alpha value is -1.59. The van der Waals surface area contributed by atoms with Crippen LogP contribution in [0.5, 0.6) is 0 Å². The van der Waals surface area contributed by atoms with E-state index in [0.717, 1.165) is 55.7 Å². The van der Waals surface area contributed by atoms with Crippen molar-refractivity contribution in [2.75, 3.05) is 13.2 Å². The number of hydrogen-bond donors (Lipinski definition) is 0. The first-order valence-corrected chi connectivity index (χ1v) is 18.2. The summed E-state index contributed by atoms with van der Waals surface area (Å²) in [6, 6.07) is 5.64. The monoisotopic (exact) mass is 553 g/mol. The molecule has 5 heteroatoms. The van der Waals surface area contributed by atoms with E-state index in [4.69, 9.17) is 14.7 Å². The average molecular weight is 554 g/mol. The topological polar surface area (TPSA) is 47.9 Å². The predicted molar refractivity (Wildman–Crippen MR) is 172 cm³/mol. The van der Waals surface area contributed by atoms with Gasteiger partial charge < -0.3 is 4.74 Å². The summed E-state index contributed by atoms with van der Waals surface area (Å²) in [4.78, 5) is 14.2. The predicted octanol–water partition coefficient (Wildman–Crippen LogP) is 8.47. The molecule has 0 N–H and O–H groups in total. The zero-order chi connectivity index (χ0) is 28.0. The molecular weight excluding hydrogens is 494 g/mol. The molecule has 2 rings (SSSR count). The molecule has 0 fully saturated rings. The van der Waals surface area contributed by atoms with Crippen LogP contribution in [0.2, 0.25) is 6.04 Å². The van der Waals surface area contributed by atoms with Crippen molar-refractivity contribution in [3.8, 4) is 11.4 Å². The summed E-state index contributed by atoms with van der Waals surface area (Å²) in [6.07, 6.45) is 26.8. The van der Waals surface area contributed by atoms with Crippen LogP contribution in [0.1, 0.15) is 130 Å². The summed E-state index contributed by atoms with van der Waals surface area (Å²) in [7, 11) is -0.396. The molecule has 0 aliphatic carbocycles. The van der Waals surface area contributed by atoms with Gasteiger partial charge in [-0.15, -0.1) is 0 Å². The third kappa shape index (κ3) is 16.3. The molecule has 220 valence electrons. The molecule has 39 heavy (non-hydrogen) atoms. The summed E-state index contributed by atoms with van der Waals surface area (Å²) < 4.78 is 5.76. The highest BCUT2D eigenvalue weighted by molar-refractivity contribution is 6.52. The lowest BCUT2D eigenvalue weighted by Gasteiger charge is -2.13. The van der Waals surface area contributed by atoms with Crippen molar-refractivity contribution < 1.29 is 4.74 Å². The van der Waals surface area contributed by atoms with E-state index in [1.54, 1.807) is 0 Å². The number of ether oxygens (including phenoxy) is 1. The molecule has 0 aromatic carbocycles. The van der Waals surface area contributed by atoms with Crippen molar-refractivity contribution in [2.24, 2.45) is 11.8 Å². The lowest BCUT2D eigenvalue weighted by atomic mass is 9.96. The van der Waals surface area contributed by atoms with Gasteiger partial charge in [0.15, 0.2) is 0 Å². The second-order valence-electron chi connectivity index (χ2n) is 12.0. The molecular formula is C34H59N3OSi. The Labute approximate surface area is 243 Å². The molecule has 2 atom stereocenters. The quantitative estimate of drug-likeness (QED) is 0.0966. The molecule has 2 aromatic rings. The first-order chi connectivity index (χ1) is 19.1. The Morgan fingerprint density at radius 1 is 0.692 bits per heavy atom. The van der Waals surface area contributed by atoms with Gasteiger partial charge in [0.1, 0.15) is 5.69 Å². The highest BCUT2D eigenvalue weighted by atomic mass is 28.2. The van der Waals surface area contributed by atoms with Gasteiger partial charge in [0, 0.05) is 30.9 Å². The average Bonchev–Trinajstić information content (AvgIpc) is 2.95. The highest BCUT2D eigenvalue weighted by Crippen LogP contribution is 2.19. The second kappa shape index (κ2) is 22.1. The smallest absolute Gasteiger partial charge is 0.107 e. The van der Waals surface area contributed by atoms with Gasteiger partial charge in [-0.2, -0.15) is 0 Å². The van der Waals surface area contributed by atoms with E-state index in [-0.39, 0.29) is 0 Å². The molecule has 0 spiro atoms. The van der Waals surface area contributed by atoms with E-state index in [2.05, 4.69) is 44.8 Å². The van der Waals surface area contributed by atoms with Gasteiger partial charge in [-0.05, 0) is 49.1 Å². The number of rotatable bonds is 24. The lowest BCUT2D eigenvalue weighted by Crippen LogP contribution is -2.21. The van der Waals surface area contributed by atoms with E-state index in [1.165, 1.54) is 100 Å². The van der Waals surface area contributed by atoms with Gasteiger partial charge in [-0.3, -0.25) is 15.0 Å². The second-order valence-corrected chi connectivity index (χ2v) is 13.8. The molecule has 2 aromatic heterocycles. The van der Waals surface area contributed by atoms with E-state index in [0.29, 0.717) is 0 Å². The third-order valence-corrected chi connectivity index (χ3v) is 10.1. The van der Waals surface area contributed by atoms with Crippen LogP contribution in [-0.4, -0.2) is 37.7 Å². The molecule has 0 bridgehead atoms. The maximum absolute atomic E-state index is 5.76. The van der Waals surface area contributed by atoms with Gasteiger partial charge in [0.25, 0.3) is 0 Å². The van der Waals surface area contributed by atoms with Gasteiger partial charge in [0.2, 0.25) is 0 Å². The van der Waals surface area contributed by atoms with Crippen LogP contribution in [0.3, 0.4) is 0 Å². The van der Waals surface area contributed by atoms with Crippen LogP contribution in [-0.2, 0) is 11.2 Å². The van der Waals surface area contributed by atoms with Crippen LogP contribution in [0.4, 0.5) is 0 Å². The SMILES string of the molecule is CCCCCCOCCCCc1ccc(-c2cncc([SiH2]CC(C)CCCCCC(C)CCCCC)n2)nc1. The minimum Gasteiger partial charge on any atom is -0.381 e. The number of pyridine rings is 1. The molecule has 0 aliphatic rings. The van der Waals surface area contributed by atoms with Gasteiger partial charge >= 0.3 is 0 Å². The molecule has 0 amide bonds. The fourth-order valence-corrected chi connectivity index (χ4v) is 6.82. The molecule has 0 aliphatic heterocycles. The van der Waals surface area contributed by atoms with Crippen molar-refractivity contribution in [1.29, 1.82) is 0 Å². The molecule has 2 heterocycles. The first-order valence-electron chi connectivity index (χ1n) is 16.5. The molecule has 0 saturated carbocycles. The Kier molecular flexibility index (Phi) is 19.1. The van der Waals surface area contributed by atoms with Crippen molar-refractivity contribution in [3.63, 3.8) is 0 Å².